The van der Waals surface area contributed by atoms with E-state index >= 15 is 0 Å². The third kappa shape index (κ3) is 2.62. The SMILES string of the molecule is CC(C)CC(N)c1ccncc1. The van der Waals surface area contributed by atoms with Crippen molar-refractivity contribution in [1.82, 2.24) is 4.98 Å². The van der Waals surface area contributed by atoms with Crippen LogP contribution in [0.4, 0.5) is 0 Å². The highest BCUT2D eigenvalue weighted by atomic mass is 14.7. The van der Waals surface area contributed by atoms with Crippen LogP contribution in [0, 0.1) is 5.92 Å². The molecular weight excluding hydrogens is 148 g/mol. The molecule has 1 rings (SSSR count). The van der Waals surface area contributed by atoms with Crippen LogP contribution in [0.3, 0.4) is 0 Å². The van der Waals surface area contributed by atoms with E-state index in [4.69, 9.17) is 5.73 Å². The molecule has 1 atom stereocenters. The lowest BCUT2D eigenvalue weighted by molar-refractivity contribution is 0.509. The standard InChI is InChI=1S/C10H16N2/c1-8(2)7-10(11)9-3-5-12-6-4-9/h3-6,8,10H,7,11H2,1-2H3. The van der Waals surface area contributed by atoms with Crippen LogP contribution >= 0.6 is 0 Å². The minimum Gasteiger partial charge on any atom is -0.324 e. The smallest absolute Gasteiger partial charge is 0.0298 e. The van der Waals surface area contributed by atoms with E-state index in [1.54, 1.807) is 12.4 Å². The summed E-state index contributed by atoms with van der Waals surface area (Å²) in [7, 11) is 0. The zero-order chi connectivity index (χ0) is 8.97. The van der Waals surface area contributed by atoms with E-state index in [-0.39, 0.29) is 6.04 Å². The minimum atomic E-state index is 0.160. The first-order chi connectivity index (χ1) is 5.70. The van der Waals surface area contributed by atoms with Gasteiger partial charge < -0.3 is 5.73 Å². The summed E-state index contributed by atoms with van der Waals surface area (Å²) in [5.74, 6) is 0.646. The summed E-state index contributed by atoms with van der Waals surface area (Å²) < 4.78 is 0. The van der Waals surface area contributed by atoms with Gasteiger partial charge in [-0.05, 0) is 30.0 Å². The van der Waals surface area contributed by atoms with Crippen LogP contribution in [0.15, 0.2) is 24.5 Å². The number of rotatable bonds is 3. The van der Waals surface area contributed by atoms with Crippen molar-refractivity contribution in [3.05, 3.63) is 30.1 Å². The van der Waals surface area contributed by atoms with Gasteiger partial charge in [0.25, 0.3) is 0 Å². The molecular formula is C10H16N2. The monoisotopic (exact) mass is 164 g/mol. The summed E-state index contributed by atoms with van der Waals surface area (Å²) in [5, 5.41) is 0. The lowest BCUT2D eigenvalue weighted by Crippen LogP contribution is -2.12. The average Bonchev–Trinajstić information content (AvgIpc) is 2.05. The van der Waals surface area contributed by atoms with Gasteiger partial charge in [-0.3, -0.25) is 4.98 Å². The predicted octanol–water partition coefficient (Wildman–Crippen LogP) is 2.13. The lowest BCUT2D eigenvalue weighted by Gasteiger charge is -2.13. The van der Waals surface area contributed by atoms with Crippen molar-refractivity contribution >= 4 is 0 Å². The second kappa shape index (κ2) is 4.21. The van der Waals surface area contributed by atoms with E-state index in [9.17, 15) is 0 Å². The first-order valence-electron chi connectivity index (χ1n) is 4.35. The van der Waals surface area contributed by atoms with Gasteiger partial charge in [0.15, 0.2) is 0 Å². The third-order valence-corrected chi connectivity index (χ3v) is 1.86. The van der Waals surface area contributed by atoms with Gasteiger partial charge in [-0.15, -0.1) is 0 Å². The Morgan fingerprint density at radius 2 is 1.92 bits per heavy atom. The number of nitrogens with two attached hydrogens (primary N) is 1. The molecule has 1 heterocycles. The van der Waals surface area contributed by atoms with Crippen molar-refractivity contribution in [2.45, 2.75) is 26.3 Å². The zero-order valence-corrected chi connectivity index (χ0v) is 7.70. The fourth-order valence-corrected chi connectivity index (χ4v) is 1.25. The zero-order valence-electron chi connectivity index (χ0n) is 7.70. The summed E-state index contributed by atoms with van der Waals surface area (Å²) >= 11 is 0. The molecule has 0 spiro atoms. The molecule has 0 bridgehead atoms. The molecule has 0 fully saturated rings. The van der Waals surface area contributed by atoms with E-state index in [0.717, 1.165) is 6.42 Å². The average molecular weight is 164 g/mol. The normalized spacial score (nSPS) is 13.3. The van der Waals surface area contributed by atoms with Gasteiger partial charge in [0.05, 0.1) is 0 Å². The molecule has 1 unspecified atom stereocenters. The third-order valence-electron chi connectivity index (χ3n) is 1.86. The van der Waals surface area contributed by atoms with Crippen LogP contribution in [-0.4, -0.2) is 4.98 Å². The number of nitrogens with zero attached hydrogens (tertiary/aromatic N) is 1. The van der Waals surface area contributed by atoms with Crippen LogP contribution in [0.2, 0.25) is 0 Å². The second-order valence-electron chi connectivity index (χ2n) is 3.52. The van der Waals surface area contributed by atoms with E-state index in [1.807, 2.05) is 12.1 Å². The number of hydrogen-bond acceptors (Lipinski definition) is 2. The largest absolute Gasteiger partial charge is 0.324 e. The molecule has 0 aromatic carbocycles. The molecule has 0 amide bonds. The molecule has 1 aromatic rings. The van der Waals surface area contributed by atoms with Gasteiger partial charge in [-0.25, -0.2) is 0 Å². The molecule has 12 heavy (non-hydrogen) atoms. The van der Waals surface area contributed by atoms with E-state index in [2.05, 4.69) is 18.8 Å². The Balaban J connectivity index is 2.59. The molecule has 66 valence electrons. The van der Waals surface area contributed by atoms with Gasteiger partial charge in [0.2, 0.25) is 0 Å². The Bertz CT molecular complexity index is 219. The first kappa shape index (κ1) is 9.20. The molecule has 0 saturated carbocycles. The first-order valence-corrected chi connectivity index (χ1v) is 4.35. The van der Waals surface area contributed by atoms with Gasteiger partial charge in [-0.2, -0.15) is 0 Å². The van der Waals surface area contributed by atoms with Gasteiger partial charge in [0.1, 0.15) is 0 Å². The maximum atomic E-state index is 5.97. The van der Waals surface area contributed by atoms with Crippen LogP contribution < -0.4 is 5.73 Å². The Labute approximate surface area is 73.8 Å². The molecule has 2 heteroatoms. The summed E-state index contributed by atoms with van der Waals surface area (Å²) in [6, 6.07) is 4.12. The molecule has 0 aliphatic rings. The van der Waals surface area contributed by atoms with Crippen LogP contribution in [0.1, 0.15) is 31.9 Å². The predicted molar refractivity (Wildman–Crippen MR) is 50.6 cm³/mol. The Hall–Kier alpha value is -0.890. The maximum Gasteiger partial charge on any atom is 0.0298 e. The van der Waals surface area contributed by atoms with Crippen molar-refractivity contribution in [1.29, 1.82) is 0 Å². The van der Waals surface area contributed by atoms with E-state index in [1.165, 1.54) is 5.56 Å². The van der Waals surface area contributed by atoms with Crippen molar-refractivity contribution in [2.24, 2.45) is 11.7 Å². The van der Waals surface area contributed by atoms with Crippen molar-refractivity contribution < 1.29 is 0 Å². The maximum absolute atomic E-state index is 5.97. The lowest BCUT2D eigenvalue weighted by atomic mass is 9.99. The number of pyridine rings is 1. The Morgan fingerprint density at radius 1 is 1.33 bits per heavy atom. The van der Waals surface area contributed by atoms with Crippen LogP contribution in [0.25, 0.3) is 0 Å². The summed E-state index contributed by atoms with van der Waals surface area (Å²) in [6.07, 6.45) is 4.61. The molecule has 0 saturated heterocycles. The Morgan fingerprint density at radius 3 is 2.42 bits per heavy atom. The summed E-state index contributed by atoms with van der Waals surface area (Å²) in [5.41, 5.74) is 7.15. The quantitative estimate of drug-likeness (QED) is 0.743. The van der Waals surface area contributed by atoms with Crippen molar-refractivity contribution in [2.75, 3.05) is 0 Å². The minimum absolute atomic E-state index is 0.160. The molecule has 0 aliphatic heterocycles. The van der Waals surface area contributed by atoms with Gasteiger partial charge in [-0.1, -0.05) is 13.8 Å². The number of hydrogen-bond donors (Lipinski definition) is 1. The fraction of sp³-hybridized carbons (Fsp3) is 0.500. The van der Waals surface area contributed by atoms with Gasteiger partial charge in [0, 0.05) is 18.4 Å². The summed E-state index contributed by atoms with van der Waals surface area (Å²) in [4.78, 5) is 3.95. The van der Waals surface area contributed by atoms with Crippen LogP contribution in [-0.2, 0) is 0 Å². The van der Waals surface area contributed by atoms with Crippen LogP contribution in [0.5, 0.6) is 0 Å². The highest BCUT2D eigenvalue weighted by Gasteiger charge is 2.06. The second-order valence-corrected chi connectivity index (χ2v) is 3.52. The van der Waals surface area contributed by atoms with E-state index < -0.39 is 0 Å². The van der Waals surface area contributed by atoms with Crippen molar-refractivity contribution in [3.8, 4) is 0 Å². The Kier molecular flexibility index (Phi) is 3.23. The molecule has 0 radical (unpaired) electrons. The molecule has 1 aromatic heterocycles. The topological polar surface area (TPSA) is 38.9 Å². The highest BCUT2D eigenvalue weighted by Crippen LogP contribution is 2.17. The number of aromatic nitrogens is 1. The van der Waals surface area contributed by atoms with Crippen molar-refractivity contribution in [3.63, 3.8) is 0 Å². The fourth-order valence-electron chi connectivity index (χ4n) is 1.25. The highest BCUT2D eigenvalue weighted by molar-refractivity contribution is 5.14. The summed E-state index contributed by atoms with van der Waals surface area (Å²) in [6.45, 7) is 4.36. The van der Waals surface area contributed by atoms with E-state index in [0.29, 0.717) is 5.92 Å². The molecule has 2 nitrogen and oxygen atoms in total. The molecule has 2 N–H and O–H groups in total. The molecule has 0 aliphatic carbocycles. The van der Waals surface area contributed by atoms with Gasteiger partial charge >= 0.3 is 0 Å².